The predicted octanol–water partition coefficient (Wildman–Crippen LogP) is 15.8. The number of hydrogen-bond acceptors (Lipinski definition) is 1. The highest BCUT2D eigenvalue weighted by Gasteiger charge is 2.52. The van der Waals surface area contributed by atoms with Crippen molar-refractivity contribution in [3.05, 3.63) is 246 Å². The molecule has 1 heteroatoms. The second-order valence-corrected chi connectivity index (χ2v) is 17.6. The van der Waals surface area contributed by atoms with Crippen molar-refractivity contribution >= 4 is 38.6 Å². The Hall–Kier alpha value is -7.48. The fraction of sp³-hybridized carbons (Fsp3) is 0.0667. The molecule has 1 spiro atoms. The monoisotopic (exact) mass is 775 g/mol. The van der Waals surface area contributed by atoms with Gasteiger partial charge < -0.3 is 4.90 Å². The number of fused-ring (bicyclic) bond motifs is 16. The summed E-state index contributed by atoms with van der Waals surface area (Å²) in [5.41, 5.74) is 21.3. The topological polar surface area (TPSA) is 3.24 Å². The minimum Gasteiger partial charge on any atom is -0.310 e. The SMILES string of the molecule is CC1(C)c2ccccc2-c2ccc(N(c3ccc(-c4ccc5ccc6ccccc6c5c4)cc3)c3cccc4c3-c3ccccc3C43c4ccccc4-c4ccccc43)cc21. The first-order valence-corrected chi connectivity index (χ1v) is 21.5. The number of benzene rings is 10. The molecule has 10 aromatic rings. The Kier molecular flexibility index (Phi) is 7.06. The van der Waals surface area contributed by atoms with E-state index in [4.69, 9.17) is 0 Å². The minimum absolute atomic E-state index is 0.135. The van der Waals surface area contributed by atoms with Gasteiger partial charge in [0, 0.05) is 22.4 Å². The highest BCUT2D eigenvalue weighted by Crippen LogP contribution is 2.65. The molecule has 0 aromatic heterocycles. The maximum absolute atomic E-state index is 2.53. The van der Waals surface area contributed by atoms with Crippen LogP contribution in [0.4, 0.5) is 17.1 Å². The zero-order valence-electron chi connectivity index (χ0n) is 34.2. The highest BCUT2D eigenvalue weighted by atomic mass is 15.1. The first-order valence-electron chi connectivity index (χ1n) is 21.5. The first kappa shape index (κ1) is 34.4. The molecule has 0 saturated carbocycles. The summed E-state index contributed by atoms with van der Waals surface area (Å²) in [7, 11) is 0. The molecule has 1 nitrogen and oxygen atoms in total. The molecule has 0 heterocycles. The van der Waals surface area contributed by atoms with E-state index >= 15 is 0 Å². The average molecular weight is 776 g/mol. The first-order chi connectivity index (χ1) is 30.0. The van der Waals surface area contributed by atoms with Crippen LogP contribution in [0.25, 0.3) is 66.1 Å². The van der Waals surface area contributed by atoms with Crippen LogP contribution in [0.15, 0.2) is 212 Å². The van der Waals surface area contributed by atoms with Crippen molar-refractivity contribution in [3.63, 3.8) is 0 Å². The number of hydrogen-bond donors (Lipinski definition) is 0. The van der Waals surface area contributed by atoms with E-state index in [1.54, 1.807) is 0 Å². The molecule has 286 valence electrons. The molecule has 0 radical (unpaired) electrons. The largest absolute Gasteiger partial charge is 0.310 e. The molecule has 3 aliphatic rings. The zero-order valence-corrected chi connectivity index (χ0v) is 34.2. The fourth-order valence-electron chi connectivity index (χ4n) is 11.6. The van der Waals surface area contributed by atoms with Crippen LogP contribution in [-0.4, -0.2) is 0 Å². The maximum atomic E-state index is 2.53. The molecule has 0 N–H and O–H groups in total. The molecule has 0 aliphatic heterocycles. The van der Waals surface area contributed by atoms with Gasteiger partial charge in [-0.3, -0.25) is 0 Å². The lowest BCUT2D eigenvalue weighted by Gasteiger charge is -2.32. The van der Waals surface area contributed by atoms with E-state index in [0.717, 1.165) is 11.4 Å². The van der Waals surface area contributed by atoms with Crippen LogP contribution in [0.5, 0.6) is 0 Å². The molecule has 0 bridgehead atoms. The second-order valence-electron chi connectivity index (χ2n) is 17.6. The van der Waals surface area contributed by atoms with Crippen molar-refractivity contribution in [2.24, 2.45) is 0 Å². The lowest BCUT2D eigenvalue weighted by Crippen LogP contribution is -2.26. The van der Waals surface area contributed by atoms with Gasteiger partial charge in [-0.1, -0.05) is 190 Å². The Balaban J connectivity index is 1.04. The van der Waals surface area contributed by atoms with Gasteiger partial charge in [-0.15, -0.1) is 0 Å². The summed E-state index contributed by atoms with van der Waals surface area (Å²) in [6.45, 7) is 4.76. The Labute approximate surface area is 356 Å². The third-order valence-corrected chi connectivity index (χ3v) is 14.3. The van der Waals surface area contributed by atoms with Gasteiger partial charge in [0.15, 0.2) is 0 Å². The molecule has 3 aliphatic carbocycles. The Morgan fingerprint density at radius 2 is 0.836 bits per heavy atom. The predicted molar refractivity (Wildman–Crippen MR) is 255 cm³/mol. The molecule has 10 aromatic carbocycles. The lowest BCUT2D eigenvalue weighted by atomic mass is 9.70. The van der Waals surface area contributed by atoms with Gasteiger partial charge >= 0.3 is 0 Å². The van der Waals surface area contributed by atoms with Crippen molar-refractivity contribution in [1.82, 2.24) is 0 Å². The molecule has 61 heavy (non-hydrogen) atoms. The van der Waals surface area contributed by atoms with Gasteiger partial charge in [-0.05, 0) is 130 Å². The third kappa shape index (κ3) is 4.61. The van der Waals surface area contributed by atoms with Gasteiger partial charge in [0.2, 0.25) is 0 Å². The summed E-state index contributed by atoms with van der Waals surface area (Å²) in [5, 5.41) is 5.10. The summed E-state index contributed by atoms with van der Waals surface area (Å²) >= 11 is 0. The molecule has 13 rings (SSSR count). The van der Waals surface area contributed by atoms with Crippen LogP contribution in [0.2, 0.25) is 0 Å². The van der Waals surface area contributed by atoms with Gasteiger partial charge in [-0.25, -0.2) is 0 Å². The van der Waals surface area contributed by atoms with Gasteiger partial charge in [0.05, 0.1) is 11.1 Å². The summed E-state index contributed by atoms with van der Waals surface area (Å²) in [5.74, 6) is 0. The summed E-state index contributed by atoms with van der Waals surface area (Å²) < 4.78 is 0. The van der Waals surface area contributed by atoms with Gasteiger partial charge in [-0.2, -0.15) is 0 Å². The zero-order chi connectivity index (χ0) is 40.5. The molecular formula is C60H41N. The fourth-order valence-corrected chi connectivity index (χ4v) is 11.6. The second kappa shape index (κ2) is 12.5. The van der Waals surface area contributed by atoms with E-state index in [1.807, 2.05) is 0 Å². The Bertz CT molecular complexity index is 3410. The van der Waals surface area contributed by atoms with E-state index in [0.29, 0.717) is 0 Å². The van der Waals surface area contributed by atoms with Crippen molar-refractivity contribution in [1.29, 1.82) is 0 Å². The van der Waals surface area contributed by atoms with Gasteiger partial charge in [0.25, 0.3) is 0 Å². The Morgan fingerprint density at radius 1 is 0.328 bits per heavy atom. The van der Waals surface area contributed by atoms with Crippen molar-refractivity contribution in [3.8, 4) is 44.5 Å². The van der Waals surface area contributed by atoms with Crippen LogP contribution in [-0.2, 0) is 10.8 Å². The number of rotatable bonds is 4. The molecule has 0 fully saturated rings. The number of anilines is 3. The van der Waals surface area contributed by atoms with Crippen molar-refractivity contribution < 1.29 is 0 Å². The normalized spacial score (nSPS) is 14.3. The summed E-state index contributed by atoms with van der Waals surface area (Å²) in [4.78, 5) is 2.53. The quantitative estimate of drug-likeness (QED) is 0.161. The van der Waals surface area contributed by atoms with Crippen LogP contribution in [0, 0.1) is 0 Å². The van der Waals surface area contributed by atoms with Crippen molar-refractivity contribution in [2.45, 2.75) is 24.7 Å². The van der Waals surface area contributed by atoms with E-state index in [2.05, 4.69) is 231 Å². The van der Waals surface area contributed by atoms with Crippen molar-refractivity contribution in [2.75, 3.05) is 4.90 Å². The molecule has 0 atom stereocenters. The summed E-state index contributed by atoms with van der Waals surface area (Å²) in [6.07, 6.45) is 0. The lowest BCUT2D eigenvalue weighted by molar-refractivity contribution is 0.660. The van der Waals surface area contributed by atoms with E-state index in [9.17, 15) is 0 Å². The minimum atomic E-state index is -0.424. The molecular weight excluding hydrogens is 735 g/mol. The Morgan fingerprint density at radius 3 is 1.56 bits per heavy atom. The molecule has 0 unspecified atom stereocenters. The third-order valence-electron chi connectivity index (χ3n) is 14.3. The van der Waals surface area contributed by atoms with E-state index in [-0.39, 0.29) is 5.41 Å². The van der Waals surface area contributed by atoms with Gasteiger partial charge in [0.1, 0.15) is 0 Å². The van der Waals surface area contributed by atoms with Crippen LogP contribution in [0.3, 0.4) is 0 Å². The maximum Gasteiger partial charge on any atom is 0.0726 e. The van der Waals surface area contributed by atoms with Crippen LogP contribution in [0.1, 0.15) is 47.2 Å². The molecule has 0 saturated heterocycles. The number of nitrogens with zero attached hydrogens (tertiary/aromatic N) is 1. The standard InChI is InChI=1S/C60H41N/c1-59(2)51-20-9-5-16-45(51)48-35-34-43(37-56(48)59)61(42-32-30-38(31-33-42)41-29-28-40-27-26-39-14-3-4-15-44(39)50(40)36-41)57-25-13-24-55-58(57)49-19-8-12-23-54(49)60(55)52-21-10-6-17-46(52)47-18-7-11-22-53(47)60/h3-37H,1-2H3. The molecule has 0 amide bonds. The smallest absolute Gasteiger partial charge is 0.0726 e. The summed E-state index contributed by atoms with van der Waals surface area (Å²) in [6, 6.07) is 79.8. The highest BCUT2D eigenvalue weighted by molar-refractivity contribution is 6.09. The van der Waals surface area contributed by atoms with Crippen LogP contribution < -0.4 is 4.90 Å². The van der Waals surface area contributed by atoms with E-state index in [1.165, 1.54) is 105 Å². The van der Waals surface area contributed by atoms with Crippen LogP contribution >= 0.6 is 0 Å². The average Bonchev–Trinajstić information content (AvgIpc) is 3.88. The van der Waals surface area contributed by atoms with E-state index < -0.39 is 5.41 Å².